The second-order valence-corrected chi connectivity index (χ2v) is 6.14. The summed E-state index contributed by atoms with van der Waals surface area (Å²) in [6.45, 7) is 0. The molecule has 2 aromatic heterocycles. The van der Waals surface area contributed by atoms with Gasteiger partial charge in [-0.2, -0.15) is 0 Å². The molecule has 0 saturated heterocycles. The lowest BCUT2D eigenvalue weighted by Gasteiger charge is -2.03. The van der Waals surface area contributed by atoms with Gasteiger partial charge in [-0.1, -0.05) is 23.4 Å². The van der Waals surface area contributed by atoms with Crippen molar-refractivity contribution in [1.82, 2.24) is 4.98 Å². The molecule has 4 nitrogen and oxygen atoms in total. The van der Waals surface area contributed by atoms with Crippen molar-refractivity contribution in [2.24, 2.45) is 0 Å². The maximum absolute atomic E-state index is 12.1. The molecule has 23 heavy (non-hydrogen) atoms. The largest absolute Gasteiger partial charge is 0.445 e. The van der Waals surface area contributed by atoms with Gasteiger partial charge >= 0.3 is 0 Å². The summed E-state index contributed by atoms with van der Waals surface area (Å²) in [4.78, 5) is 16.1. The van der Waals surface area contributed by atoms with Gasteiger partial charge in [-0.05, 0) is 54.1 Å². The maximum atomic E-state index is 12.1. The fraction of sp³-hybridized carbons (Fsp3) is 0.0588. The molecule has 0 aliphatic carbocycles. The van der Waals surface area contributed by atoms with Crippen LogP contribution in [0.3, 0.4) is 0 Å². The Morgan fingerprint density at radius 1 is 1.09 bits per heavy atom. The molecule has 0 aliphatic rings. The van der Waals surface area contributed by atoms with Crippen molar-refractivity contribution in [1.29, 1.82) is 0 Å². The number of benzene rings is 1. The van der Waals surface area contributed by atoms with E-state index >= 15 is 0 Å². The highest BCUT2D eigenvalue weighted by Gasteiger charge is 2.12. The first-order valence-corrected chi connectivity index (χ1v) is 8.25. The Balaban J connectivity index is 1.59. The van der Waals surface area contributed by atoms with Crippen molar-refractivity contribution in [3.8, 4) is 0 Å². The number of carbonyl (C=O) groups is 1. The molecule has 2 heterocycles. The molecular weight excluding hydrogens is 332 g/mol. The molecule has 1 N–H and O–H groups in total. The highest BCUT2D eigenvalue weighted by atomic mass is 35.5. The van der Waals surface area contributed by atoms with E-state index in [0.717, 1.165) is 11.3 Å². The lowest BCUT2D eigenvalue weighted by Crippen LogP contribution is -2.10. The highest BCUT2D eigenvalue weighted by molar-refractivity contribution is 7.98. The predicted octanol–water partition coefficient (Wildman–Crippen LogP) is 4.87. The van der Waals surface area contributed by atoms with Crippen LogP contribution in [0.1, 0.15) is 16.1 Å². The zero-order valence-corrected chi connectivity index (χ0v) is 13.6. The van der Waals surface area contributed by atoms with Crippen molar-refractivity contribution in [2.75, 3.05) is 5.32 Å². The summed E-state index contributed by atoms with van der Waals surface area (Å²) in [5.41, 5.74) is 1.82. The number of furan rings is 1. The van der Waals surface area contributed by atoms with Crippen LogP contribution in [0, 0.1) is 0 Å². The number of hydrogen-bond donors (Lipinski definition) is 1. The van der Waals surface area contributed by atoms with Crippen LogP contribution in [0.25, 0.3) is 0 Å². The van der Waals surface area contributed by atoms with E-state index < -0.39 is 0 Å². The predicted molar refractivity (Wildman–Crippen MR) is 91.9 cm³/mol. The third-order valence-corrected chi connectivity index (χ3v) is 4.27. The standard InChI is InChI=1S/C17H13ClN2O2S/c18-13-1-3-14(4-2-13)20-17(21)15-5-6-16(22-15)23-11-12-7-9-19-10-8-12/h1-10H,11H2,(H,20,21). The van der Waals surface area contributed by atoms with Gasteiger partial charge in [0.15, 0.2) is 10.9 Å². The Morgan fingerprint density at radius 3 is 2.57 bits per heavy atom. The van der Waals surface area contributed by atoms with Gasteiger partial charge < -0.3 is 9.73 Å². The fourth-order valence-electron chi connectivity index (χ4n) is 1.88. The molecule has 3 aromatic rings. The topological polar surface area (TPSA) is 55.1 Å². The van der Waals surface area contributed by atoms with Crippen molar-refractivity contribution >= 4 is 35.0 Å². The number of amides is 1. The summed E-state index contributed by atoms with van der Waals surface area (Å²) < 4.78 is 5.57. The molecule has 0 unspecified atom stereocenters. The molecule has 1 amide bonds. The van der Waals surface area contributed by atoms with E-state index in [1.54, 1.807) is 48.8 Å². The fourth-order valence-corrected chi connectivity index (χ4v) is 2.82. The monoisotopic (exact) mass is 344 g/mol. The number of halogens is 1. The van der Waals surface area contributed by atoms with Crippen molar-refractivity contribution in [3.05, 3.63) is 77.3 Å². The van der Waals surface area contributed by atoms with Gasteiger partial charge in [-0.3, -0.25) is 9.78 Å². The van der Waals surface area contributed by atoms with Crippen molar-refractivity contribution < 1.29 is 9.21 Å². The van der Waals surface area contributed by atoms with E-state index in [9.17, 15) is 4.79 Å². The van der Waals surface area contributed by atoms with Gasteiger partial charge in [-0.25, -0.2) is 0 Å². The lowest BCUT2D eigenvalue weighted by atomic mass is 10.3. The molecule has 0 fully saturated rings. The number of hydrogen-bond acceptors (Lipinski definition) is 4. The van der Waals surface area contributed by atoms with Crippen LogP contribution < -0.4 is 5.32 Å². The van der Waals surface area contributed by atoms with E-state index in [1.165, 1.54) is 11.8 Å². The van der Waals surface area contributed by atoms with E-state index in [4.69, 9.17) is 16.0 Å². The molecule has 6 heteroatoms. The van der Waals surface area contributed by atoms with Crippen LogP contribution in [0.5, 0.6) is 0 Å². The SMILES string of the molecule is O=C(Nc1ccc(Cl)cc1)c1ccc(SCc2ccncc2)o1. The number of aromatic nitrogens is 1. The third-order valence-electron chi connectivity index (χ3n) is 3.04. The molecule has 0 atom stereocenters. The summed E-state index contributed by atoms with van der Waals surface area (Å²) in [5.74, 6) is 0.745. The van der Waals surface area contributed by atoms with Gasteiger partial charge in [0.05, 0.1) is 0 Å². The highest BCUT2D eigenvalue weighted by Crippen LogP contribution is 2.25. The van der Waals surface area contributed by atoms with E-state index in [0.29, 0.717) is 15.8 Å². The minimum Gasteiger partial charge on any atom is -0.445 e. The lowest BCUT2D eigenvalue weighted by molar-refractivity contribution is 0.0992. The van der Waals surface area contributed by atoms with Gasteiger partial charge in [-0.15, -0.1) is 0 Å². The second kappa shape index (κ2) is 7.35. The third kappa shape index (κ3) is 4.37. The number of carbonyl (C=O) groups excluding carboxylic acids is 1. The Bertz CT molecular complexity index is 788. The molecule has 0 radical (unpaired) electrons. The second-order valence-electron chi connectivity index (χ2n) is 4.72. The minimum absolute atomic E-state index is 0.275. The van der Waals surface area contributed by atoms with Crippen LogP contribution in [-0.4, -0.2) is 10.9 Å². The first-order chi connectivity index (χ1) is 11.2. The first kappa shape index (κ1) is 15.6. The zero-order valence-electron chi connectivity index (χ0n) is 12.0. The van der Waals surface area contributed by atoms with Gasteiger partial charge in [0.2, 0.25) is 0 Å². The van der Waals surface area contributed by atoms with Gasteiger partial charge in [0.1, 0.15) is 0 Å². The molecule has 0 saturated carbocycles. The summed E-state index contributed by atoms with van der Waals surface area (Å²) in [6.07, 6.45) is 3.51. The van der Waals surface area contributed by atoms with Gasteiger partial charge in [0, 0.05) is 28.9 Å². The average molecular weight is 345 g/mol. The Hall–Kier alpha value is -2.24. The number of pyridine rings is 1. The number of nitrogens with zero attached hydrogens (tertiary/aromatic N) is 1. The van der Waals surface area contributed by atoms with Crippen LogP contribution in [-0.2, 0) is 5.75 Å². The van der Waals surface area contributed by atoms with Crippen LogP contribution in [0.15, 0.2) is 70.4 Å². The summed E-state index contributed by atoms with van der Waals surface area (Å²) >= 11 is 7.34. The summed E-state index contributed by atoms with van der Waals surface area (Å²) in [5, 5.41) is 4.08. The van der Waals surface area contributed by atoms with Crippen LogP contribution in [0.4, 0.5) is 5.69 Å². The number of nitrogens with one attached hydrogen (secondary N) is 1. The van der Waals surface area contributed by atoms with Gasteiger partial charge in [0.25, 0.3) is 5.91 Å². The molecule has 1 aromatic carbocycles. The summed E-state index contributed by atoms with van der Waals surface area (Å²) in [6, 6.07) is 14.3. The number of rotatable bonds is 5. The maximum Gasteiger partial charge on any atom is 0.291 e. The number of thioether (sulfide) groups is 1. The minimum atomic E-state index is -0.289. The van der Waals surface area contributed by atoms with Crippen molar-refractivity contribution in [3.63, 3.8) is 0 Å². The molecule has 3 rings (SSSR count). The quantitative estimate of drug-likeness (QED) is 0.671. The summed E-state index contributed by atoms with van der Waals surface area (Å²) in [7, 11) is 0. The molecule has 0 aliphatic heterocycles. The molecule has 0 bridgehead atoms. The number of anilines is 1. The van der Waals surface area contributed by atoms with E-state index in [1.807, 2.05) is 12.1 Å². The Kier molecular flexibility index (Phi) is 5.00. The van der Waals surface area contributed by atoms with Crippen LogP contribution >= 0.6 is 23.4 Å². The first-order valence-electron chi connectivity index (χ1n) is 6.89. The zero-order chi connectivity index (χ0) is 16.1. The smallest absolute Gasteiger partial charge is 0.291 e. The average Bonchev–Trinajstić information content (AvgIpc) is 3.05. The van der Waals surface area contributed by atoms with E-state index in [2.05, 4.69) is 10.3 Å². The molecular formula is C17H13ClN2O2S. The van der Waals surface area contributed by atoms with Crippen LogP contribution in [0.2, 0.25) is 5.02 Å². The molecule has 0 spiro atoms. The molecule has 116 valence electrons. The Morgan fingerprint density at radius 2 is 1.83 bits per heavy atom. The van der Waals surface area contributed by atoms with Crippen molar-refractivity contribution in [2.45, 2.75) is 10.8 Å². The Labute approximate surface area is 142 Å². The normalized spacial score (nSPS) is 10.5. The van der Waals surface area contributed by atoms with E-state index in [-0.39, 0.29) is 11.7 Å².